The largest absolute Gasteiger partial charge is 0.372 e. The molecular weight excluding hydrogens is 214 g/mol. The highest BCUT2D eigenvalue weighted by atomic mass is 16.5. The van der Waals surface area contributed by atoms with Crippen molar-refractivity contribution in [1.29, 1.82) is 0 Å². The zero-order valence-corrected chi connectivity index (χ0v) is 9.27. The zero-order valence-electron chi connectivity index (χ0n) is 9.27. The van der Waals surface area contributed by atoms with Gasteiger partial charge in [0.05, 0.1) is 18.9 Å². The molecule has 2 aliphatic heterocycles. The van der Waals surface area contributed by atoms with Crippen LogP contribution in [0.1, 0.15) is 32.7 Å². The van der Waals surface area contributed by atoms with Gasteiger partial charge in [-0.3, -0.25) is 4.79 Å². The summed E-state index contributed by atoms with van der Waals surface area (Å²) in [5, 5.41) is 0. The lowest BCUT2D eigenvalue weighted by molar-refractivity contribution is 0.102. The Labute approximate surface area is 98.6 Å². The summed E-state index contributed by atoms with van der Waals surface area (Å²) in [7, 11) is 0. The van der Waals surface area contributed by atoms with Gasteiger partial charge in [-0.2, -0.15) is 0 Å². The predicted octanol–water partition coefficient (Wildman–Crippen LogP) is 2.11. The normalized spacial score (nSPS) is 16.6. The van der Waals surface area contributed by atoms with Gasteiger partial charge in [0, 0.05) is 18.3 Å². The standard InChI is InChI=1S/C14H11NO2/c16-14-12-5-11-8-17-7-10(11)4-9(12)6-15-3-1-2-13(14)15/h1-5H,6-8H2. The number of benzene rings is 1. The quantitative estimate of drug-likeness (QED) is 0.586. The summed E-state index contributed by atoms with van der Waals surface area (Å²) in [6, 6.07) is 7.94. The van der Waals surface area contributed by atoms with Crippen molar-refractivity contribution < 1.29 is 9.53 Å². The zero-order chi connectivity index (χ0) is 11.4. The molecule has 17 heavy (non-hydrogen) atoms. The van der Waals surface area contributed by atoms with E-state index < -0.39 is 0 Å². The van der Waals surface area contributed by atoms with Crippen molar-refractivity contribution in [1.82, 2.24) is 4.57 Å². The van der Waals surface area contributed by atoms with Crippen molar-refractivity contribution in [3.8, 4) is 0 Å². The molecule has 0 radical (unpaired) electrons. The third-order valence-corrected chi connectivity index (χ3v) is 3.59. The molecule has 2 aliphatic rings. The van der Waals surface area contributed by atoms with E-state index >= 15 is 0 Å². The lowest BCUT2D eigenvalue weighted by Crippen LogP contribution is -2.19. The second-order valence-electron chi connectivity index (χ2n) is 4.62. The maximum absolute atomic E-state index is 12.3. The fourth-order valence-corrected chi connectivity index (χ4v) is 2.70. The predicted molar refractivity (Wildman–Crippen MR) is 61.9 cm³/mol. The Balaban J connectivity index is 1.94. The minimum Gasteiger partial charge on any atom is -0.372 e. The average Bonchev–Trinajstić information content (AvgIpc) is 2.94. The number of ether oxygens (including phenoxy) is 1. The van der Waals surface area contributed by atoms with Crippen LogP contribution in [0.3, 0.4) is 0 Å². The van der Waals surface area contributed by atoms with Crippen molar-refractivity contribution in [3.05, 3.63) is 58.4 Å². The van der Waals surface area contributed by atoms with E-state index in [4.69, 9.17) is 4.74 Å². The van der Waals surface area contributed by atoms with Crippen LogP contribution in [0, 0.1) is 0 Å². The Morgan fingerprint density at radius 3 is 2.82 bits per heavy atom. The Hall–Kier alpha value is -1.87. The molecule has 0 saturated heterocycles. The molecule has 0 aliphatic carbocycles. The van der Waals surface area contributed by atoms with Gasteiger partial charge < -0.3 is 9.30 Å². The minimum absolute atomic E-state index is 0.131. The highest BCUT2D eigenvalue weighted by Gasteiger charge is 2.25. The van der Waals surface area contributed by atoms with Gasteiger partial charge in [0.2, 0.25) is 5.78 Å². The highest BCUT2D eigenvalue weighted by molar-refractivity contribution is 6.10. The van der Waals surface area contributed by atoms with E-state index in [1.165, 1.54) is 5.56 Å². The third kappa shape index (κ3) is 1.17. The lowest BCUT2D eigenvalue weighted by Gasteiger charge is -2.19. The van der Waals surface area contributed by atoms with Gasteiger partial charge in [0.25, 0.3) is 0 Å². The van der Waals surface area contributed by atoms with Crippen LogP contribution in [0.2, 0.25) is 0 Å². The van der Waals surface area contributed by atoms with E-state index in [0.29, 0.717) is 13.2 Å². The molecule has 2 aromatic rings. The number of hydrogen-bond donors (Lipinski definition) is 0. The van der Waals surface area contributed by atoms with Gasteiger partial charge in [-0.05, 0) is 34.9 Å². The Morgan fingerprint density at radius 1 is 1.12 bits per heavy atom. The SMILES string of the molecule is O=C1c2cc3c(cc2Cn2cccc21)COC3. The first-order valence-corrected chi connectivity index (χ1v) is 5.75. The number of nitrogens with zero attached hydrogens (tertiary/aromatic N) is 1. The fraction of sp³-hybridized carbons (Fsp3) is 0.214. The topological polar surface area (TPSA) is 31.2 Å². The maximum Gasteiger partial charge on any atom is 0.209 e. The minimum atomic E-state index is 0.131. The molecule has 0 spiro atoms. The van der Waals surface area contributed by atoms with Crippen LogP contribution in [0.5, 0.6) is 0 Å². The molecular formula is C14H11NO2. The maximum atomic E-state index is 12.3. The summed E-state index contributed by atoms with van der Waals surface area (Å²) >= 11 is 0. The van der Waals surface area contributed by atoms with Crippen LogP contribution in [-0.2, 0) is 24.5 Å². The number of carbonyl (C=O) groups is 1. The molecule has 3 heteroatoms. The van der Waals surface area contributed by atoms with Gasteiger partial charge in [-0.25, -0.2) is 0 Å². The van der Waals surface area contributed by atoms with Gasteiger partial charge in [0.15, 0.2) is 0 Å². The molecule has 1 aromatic heterocycles. The first-order valence-electron chi connectivity index (χ1n) is 5.75. The molecule has 4 rings (SSSR count). The third-order valence-electron chi connectivity index (χ3n) is 3.59. The van der Waals surface area contributed by atoms with Crippen LogP contribution >= 0.6 is 0 Å². The van der Waals surface area contributed by atoms with Crippen molar-refractivity contribution in [2.24, 2.45) is 0 Å². The molecule has 0 fully saturated rings. The number of aromatic nitrogens is 1. The highest BCUT2D eigenvalue weighted by Crippen LogP contribution is 2.29. The van der Waals surface area contributed by atoms with Crippen molar-refractivity contribution >= 4 is 5.78 Å². The number of ketones is 1. The summed E-state index contributed by atoms with van der Waals surface area (Å²) in [5.41, 5.74) is 5.14. The van der Waals surface area contributed by atoms with Gasteiger partial charge in [0.1, 0.15) is 0 Å². The number of rotatable bonds is 0. The number of carbonyl (C=O) groups excluding carboxylic acids is 1. The van der Waals surface area contributed by atoms with Crippen LogP contribution in [0.4, 0.5) is 0 Å². The molecule has 1 aromatic carbocycles. The molecule has 0 amide bonds. The van der Waals surface area contributed by atoms with Gasteiger partial charge in [-0.1, -0.05) is 6.07 Å². The van der Waals surface area contributed by atoms with Crippen LogP contribution in [0.15, 0.2) is 30.5 Å². The monoisotopic (exact) mass is 225 g/mol. The smallest absolute Gasteiger partial charge is 0.209 e. The van der Waals surface area contributed by atoms with Crippen molar-refractivity contribution in [2.75, 3.05) is 0 Å². The molecule has 0 bridgehead atoms. The molecule has 0 atom stereocenters. The fourth-order valence-electron chi connectivity index (χ4n) is 2.70. The van der Waals surface area contributed by atoms with Crippen LogP contribution in [-0.4, -0.2) is 10.4 Å². The Kier molecular flexibility index (Phi) is 1.66. The van der Waals surface area contributed by atoms with Crippen LogP contribution in [0.25, 0.3) is 0 Å². The van der Waals surface area contributed by atoms with E-state index in [0.717, 1.165) is 28.9 Å². The summed E-state index contributed by atoms with van der Waals surface area (Å²) in [6.07, 6.45) is 1.96. The Bertz CT molecular complexity index is 640. The first kappa shape index (κ1) is 9.19. The van der Waals surface area contributed by atoms with Crippen LogP contribution < -0.4 is 0 Å². The van der Waals surface area contributed by atoms with Crippen molar-refractivity contribution in [3.63, 3.8) is 0 Å². The second-order valence-corrected chi connectivity index (χ2v) is 4.62. The number of fused-ring (bicyclic) bond motifs is 3. The van der Waals surface area contributed by atoms with E-state index in [1.54, 1.807) is 0 Å². The molecule has 0 unspecified atom stereocenters. The first-order chi connectivity index (χ1) is 8.33. The van der Waals surface area contributed by atoms with E-state index in [2.05, 4.69) is 6.07 Å². The summed E-state index contributed by atoms with van der Waals surface area (Å²) in [6.45, 7) is 2.10. The molecule has 3 heterocycles. The Morgan fingerprint density at radius 2 is 1.94 bits per heavy atom. The molecule has 0 N–H and O–H groups in total. The molecule has 84 valence electrons. The van der Waals surface area contributed by atoms with E-state index in [9.17, 15) is 4.79 Å². The number of hydrogen-bond acceptors (Lipinski definition) is 2. The van der Waals surface area contributed by atoms with Gasteiger partial charge >= 0.3 is 0 Å². The summed E-state index contributed by atoms with van der Waals surface area (Å²) in [5.74, 6) is 0.131. The molecule has 3 nitrogen and oxygen atoms in total. The van der Waals surface area contributed by atoms with Crippen molar-refractivity contribution in [2.45, 2.75) is 19.8 Å². The average molecular weight is 225 g/mol. The molecule has 0 saturated carbocycles. The summed E-state index contributed by atoms with van der Waals surface area (Å²) in [4.78, 5) is 12.3. The van der Waals surface area contributed by atoms with E-state index in [1.807, 2.05) is 29.0 Å². The lowest BCUT2D eigenvalue weighted by atomic mass is 9.93. The second kappa shape index (κ2) is 3.08. The van der Waals surface area contributed by atoms with Gasteiger partial charge in [-0.15, -0.1) is 0 Å². The van der Waals surface area contributed by atoms with E-state index in [-0.39, 0.29) is 5.78 Å². The summed E-state index contributed by atoms with van der Waals surface area (Å²) < 4.78 is 7.42.